The zero-order valence-corrected chi connectivity index (χ0v) is 11.6. The van der Waals surface area contributed by atoms with Gasteiger partial charge in [0, 0.05) is 6.04 Å². The lowest BCUT2D eigenvalue weighted by Crippen LogP contribution is -2.35. The molecule has 17 heavy (non-hydrogen) atoms. The van der Waals surface area contributed by atoms with Gasteiger partial charge >= 0.3 is 0 Å². The first-order chi connectivity index (χ1) is 7.83. The van der Waals surface area contributed by atoms with Crippen LogP contribution >= 0.6 is 0 Å². The summed E-state index contributed by atoms with van der Waals surface area (Å²) in [6.07, 6.45) is 11.2. The molecule has 0 saturated carbocycles. The molecule has 3 atom stereocenters. The summed E-state index contributed by atoms with van der Waals surface area (Å²) < 4.78 is 0. The van der Waals surface area contributed by atoms with E-state index in [-0.39, 0.29) is 10.7 Å². The van der Waals surface area contributed by atoms with Crippen molar-refractivity contribution in [1.29, 1.82) is 0 Å². The van der Waals surface area contributed by atoms with Crippen LogP contribution in [-0.2, 0) is 0 Å². The summed E-state index contributed by atoms with van der Waals surface area (Å²) >= 11 is 0. The molecular weight excluding hydrogens is 205 g/mol. The highest BCUT2D eigenvalue weighted by Gasteiger charge is 2.42. The van der Waals surface area contributed by atoms with Gasteiger partial charge in [-0.15, -0.1) is 0 Å². The number of likely N-dealkylation sites (N-methyl/N-ethyl adjacent to an activating group) is 1. The molecule has 0 spiro atoms. The van der Waals surface area contributed by atoms with Gasteiger partial charge in [0.2, 0.25) is 0 Å². The molecule has 1 aliphatic heterocycles. The van der Waals surface area contributed by atoms with Crippen LogP contribution in [0.5, 0.6) is 0 Å². The van der Waals surface area contributed by atoms with Crippen molar-refractivity contribution in [3.8, 4) is 0 Å². The van der Waals surface area contributed by atoms with Crippen molar-refractivity contribution in [2.24, 2.45) is 11.3 Å². The van der Waals surface area contributed by atoms with Crippen molar-refractivity contribution in [2.45, 2.75) is 45.0 Å². The van der Waals surface area contributed by atoms with Crippen molar-refractivity contribution in [3.63, 3.8) is 0 Å². The Morgan fingerprint density at radius 3 is 2.53 bits per heavy atom. The molecule has 0 bridgehead atoms. The zero-order valence-electron chi connectivity index (χ0n) is 11.6. The molecule has 0 amide bonds. The van der Waals surface area contributed by atoms with Crippen molar-refractivity contribution >= 4 is 7.85 Å². The van der Waals surface area contributed by atoms with Gasteiger partial charge < -0.3 is 0 Å². The molecule has 2 rings (SSSR count). The quantitative estimate of drug-likeness (QED) is 0.576. The Kier molecular flexibility index (Phi) is 3.28. The second-order valence-electron chi connectivity index (χ2n) is 6.77. The van der Waals surface area contributed by atoms with Crippen molar-refractivity contribution in [2.75, 3.05) is 13.6 Å². The lowest BCUT2D eigenvalue weighted by Gasteiger charge is -2.43. The molecule has 1 saturated heterocycles. The molecule has 0 N–H and O–H groups in total. The monoisotopic (exact) mass is 229 g/mol. The summed E-state index contributed by atoms with van der Waals surface area (Å²) in [5.41, 5.74) is 0.164. The fourth-order valence-corrected chi connectivity index (χ4v) is 3.03. The molecular formula is C15H24BN. The van der Waals surface area contributed by atoms with Gasteiger partial charge in [0.15, 0.2) is 0 Å². The number of allylic oxidation sites excluding steroid dienone is 2. The first-order valence-corrected chi connectivity index (χ1v) is 6.68. The van der Waals surface area contributed by atoms with Gasteiger partial charge in [-0.3, -0.25) is 4.90 Å². The summed E-state index contributed by atoms with van der Waals surface area (Å²) in [4.78, 5) is 2.45. The molecule has 92 valence electrons. The van der Waals surface area contributed by atoms with Crippen LogP contribution < -0.4 is 0 Å². The van der Waals surface area contributed by atoms with Crippen LogP contribution in [0.4, 0.5) is 0 Å². The van der Waals surface area contributed by atoms with E-state index in [1.165, 1.54) is 0 Å². The maximum absolute atomic E-state index is 6.72. The predicted molar refractivity (Wildman–Crippen MR) is 75.3 cm³/mol. The Bertz CT molecular complexity index is 339. The van der Waals surface area contributed by atoms with E-state index in [0.717, 1.165) is 19.4 Å². The van der Waals surface area contributed by atoms with Gasteiger partial charge in [-0.1, -0.05) is 50.4 Å². The first-order valence-electron chi connectivity index (χ1n) is 6.68. The van der Waals surface area contributed by atoms with Gasteiger partial charge in [-0.05, 0) is 37.8 Å². The topological polar surface area (TPSA) is 3.24 Å². The third-order valence-corrected chi connectivity index (χ3v) is 4.73. The van der Waals surface area contributed by atoms with Crippen molar-refractivity contribution < 1.29 is 0 Å². The Labute approximate surface area is 107 Å². The Hall–Kier alpha value is -0.495. The van der Waals surface area contributed by atoms with Gasteiger partial charge in [0.1, 0.15) is 0 Å². The van der Waals surface area contributed by atoms with Crippen molar-refractivity contribution in [3.05, 3.63) is 24.3 Å². The molecule has 1 heterocycles. The number of fused-ring (bicyclic) bond motifs is 1. The molecule has 1 nitrogen and oxygen atoms in total. The number of rotatable bonds is 0. The summed E-state index contributed by atoms with van der Waals surface area (Å²) in [7, 11) is 8.94. The zero-order chi connectivity index (χ0) is 12.7. The highest BCUT2D eigenvalue weighted by Crippen LogP contribution is 2.53. The third-order valence-electron chi connectivity index (χ3n) is 4.73. The van der Waals surface area contributed by atoms with E-state index >= 15 is 0 Å². The molecule has 1 aliphatic carbocycles. The lowest BCUT2D eigenvalue weighted by atomic mass is 9.50. The molecule has 2 radical (unpaired) electrons. The minimum atomic E-state index is -0.0593. The number of hydrogen-bond donors (Lipinski definition) is 0. The van der Waals surface area contributed by atoms with Crippen LogP contribution in [0.1, 0.15) is 33.6 Å². The smallest absolute Gasteiger partial charge is 0.0754 e. The molecule has 2 heteroatoms. The van der Waals surface area contributed by atoms with E-state index in [4.69, 9.17) is 7.85 Å². The van der Waals surface area contributed by atoms with E-state index in [1.807, 2.05) is 0 Å². The fourth-order valence-electron chi connectivity index (χ4n) is 3.03. The molecule has 1 fully saturated rings. The molecule has 0 aromatic rings. The van der Waals surface area contributed by atoms with Gasteiger partial charge in [-0.2, -0.15) is 0 Å². The van der Waals surface area contributed by atoms with Gasteiger partial charge in [0.05, 0.1) is 7.85 Å². The van der Waals surface area contributed by atoms with Crippen LogP contribution in [-0.4, -0.2) is 32.4 Å². The second kappa shape index (κ2) is 4.31. The van der Waals surface area contributed by atoms with E-state index < -0.39 is 0 Å². The van der Waals surface area contributed by atoms with Crippen LogP contribution in [0.25, 0.3) is 0 Å². The predicted octanol–water partition coefficient (Wildman–Crippen LogP) is 3.20. The number of hydrogen-bond acceptors (Lipinski definition) is 1. The standard InChI is InChI=1S/C15H24BN/c1-14(2,3)15(16)9-10-17(4)13-8-6-5-7-12(13)11-15/h5-8,12-13H,9-11H2,1-4H3. The average Bonchev–Trinajstić information content (AvgIpc) is 2.37. The largest absolute Gasteiger partial charge is 0.299 e. The molecule has 0 aromatic heterocycles. The summed E-state index contributed by atoms with van der Waals surface area (Å²) in [6, 6.07) is 0.535. The summed E-state index contributed by atoms with van der Waals surface area (Å²) in [5.74, 6) is 0.566. The van der Waals surface area contributed by atoms with E-state index in [9.17, 15) is 0 Å². The van der Waals surface area contributed by atoms with Gasteiger partial charge in [0.25, 0.3) is 0 Å². The van der Waals surface area contributed by atoms with E-state index in [2.05, 4.69) is 57.0 Å². The maximum Gasteiger partial charge on any atom is 0.0754 e. The third kappa shape index (κ3) is 2.38. The first kappa shape index (κ1) is 12.9. The molecule has 0 aromatic carbocycles. The normalized spacial score (nSPS) is 38.8. The lowest BCUT2D eigenvalue weighted by molar-refractivity contribution is 0.226. The molecule has 2 aliphatic rings. The van der Waals surface area contributed by atoms with Gasteiger partial charge in [-0.25, -0.2) is 0 Å². The number of likely N-dealkylation sites (tertiary alicyclic amines) is 1. The Balaban J connectivity index is 2.27. The van der Waals surface area contributed by atoms with E-state index in [1.54, 1.807) is 0 Å². The minimum absolute atomic E-state index is 0.0593. The SMILES string of the molecule is [B]C1(C(C)(C)C)CCN(C)C2C=CC=CC2C1. The Morgan fingerprint density at radius 1 is 1.24 bits per heavy atom. The fraction of sp³-hybridized carbons (Fsp3) is 0.733. The van der Waals surface area contributed by atoms with Crippen molar-refractivity contribution in [1.82, 2.24) is 4.90 Å². The van der Waals surface area contributed by atoms with Crippen LogP contribution in [0.3, 0.4) is 0 Å². The van der Waals surface area contributed by atoms with Crippen LogP contribution in [0.2, 0.25) is 5.31 Å². The second-order valence-corrected chi connectivity index (χ2v) is 6.77. The average molecular weight is 229 g/mol. The van der Waals surface area contributed by atoms with Crippen LogP contribution in [0, 0.1) is 11.3 Å². The highest BCUT2D eigenvalue weighted by molar-refractivity contribution is 6.15. The molecule has 3 unspecified atom stereocenters. The minimum Gasteiger partial charge on any atom is -0.299 e. The maximum atomic E-state index is 6.72. The van der Waals surface area contributed by atoms with E-state index in [0.29, 0.717) is 12.0 Å². The highest BCUT2D eigenvalue weighted by atomic mass is 15.1. The Morgan fingerprint density at radius 2 is 1.88 bits per heavy atom. The van der Waals surface area contributed by atoms with Crippen LogP contribution in [0.15, 0.2) is 24.3 Å². The summed E-state index contributed by atoms with van der Waals surface area (Å²) in [6.45, 7) is 7.91. The number of nitrogens with zero attached hydrogens (tertiary/aromatic N) is 1. The summed E-state index contributed by atoms with van der Waals surface area (Å²) in [5, 5.41) is -0.0593.